The molecule has 7 rings (SSSR count). The van der Waals surface area contributed by atoms with Crippen molar-refractivity contribution in [1.82, 2.24) is 4.57 Å². The van der Waals surface area contributed by atoms with Gasteiger partial charge in [0.15, 0.2) is 0 Å². The Morgan fingerprint density at radius 1 is 0.846 bits per heavy atom. The summed E-state index contributed by atoms with van der Waals surface area (Å²) < 4.78 is 5.50. The van der Waals surface area contributed by atoms with Gasteiger partial charge in [-0.25, -0.2) is 0 Å². The van der Waals surface area contributed by atoms with Gasteiger partial charge in [0.2, 0.25) is 0 Å². The second-order valence-corrected chi connectivity index (χ2v) is 11.6. The number of hydrogen-bond acceptors (Lipinski definition) is 0. The minimum atomic E-state index is 0.342. The van der Waals surface area contributed by atoms with E-state index < -0.39 is 0 Å². The Morgan fingerprint density at radius 3 is 1.92 bits per heavy atom. The van der Waals surface area contributed by atoms with Crippen LogP contribution in [0.4, 0.5) is 0 Å². The first-order valence-electron chi connectivity index (χ1n) is 9.95. The van der Waals surface area contributed by atoms with E-state index in [9.17, 15) is 0 Å². The van der Waals surface area contributed by atoms with Gasteiger partial charge in [0, 0.05) is 34.5 Å². The topological polar surface area (TPSA) is 4.93 Å². The van der Waals surface area contributed by atoms with Gasteiger partial charge in [-0.3, -0.25) is 0 Å². The second kappa shape index (κ2) is 5.62. The van der Waals surface area contributed by atoms with Crippen LogP contribution in [0.1, 0.15) is 39.0 Å². The van der Waals surface area contributed by atoms with Gasteiger partial charge in [-0.05, 0) is 137 Å². The minimum Gasteiger partial charge on any atom is -0.334 e. The highest BCUT2D eigenvalue weighted by Crippen LogP contribution is 2.62. The van der Waals surface area contributed by atoms with Crippen LogP contribution in [0.25, 0.3) is 21.8 Å². The van der Waals surface area contributed by atoms with Crippen molar-refractivity contribution in [3.05, 3.63) is 43.5 Å². The number of hydrogen-bond donors (Lipinski definition) is 0. The second-order valence-electron chi connectivity index (χ2n) is 9.16. The summed E-state index contributed by atoms with van der Waals surface area (Å²) in [6, 6.07) is 14.2. The molecule has 0 saturated heterocycles. The van der Waals surface area contributed by atoms with E-state index in [2.05, 4.69) is 93.1 Å². The molecule has 0 spiro atoms. The maximum atomic E-state index is 2.82. The van der Waals surface area contributed by atoms with Crippen molar-refractivity contribution in [2.45, 2.75) is 44.6 Å². The van der Waals surface area contributed by atoms with Gasteiger partial charge in [-0.15, -0.1) is 0 Å². The maximum Gasteiger partial charge on any atom is 0.0497 e. The molecule has 3 heteroatoms. The molecule has 26 heavy (non-hydrogen) atoms. The molecular weight excluding hydrogens is 544 g/mol. The number of benzene rings is 2. The number of halogens is 2. The lowest BCUT2D eigenvalue weighted by molar-refractivity contribution is -0.0869. The standard InChI is InChI=1S/C23H23I2N/c1-13-16-7-14-6-15(8-16)12-23(13,11-14)26-21-4-2-17(24)9-19(21)20-10-18(25)3-5-22(20)26/h2-5,9-10,13-16H,6-8,11-12H2,1H3. The van der Waals surface area contributed by atoms with Crippen molar-refractivity contribution in [3.8, 4) is 0 Å². The third-order valence-electron chi connectivity index (χ3n) is 7.91. The van der Waals surface area contributed by atoms with Crippen LogP contribution in [0.15, 0.2) is 36.4 Å². The summed E-state index contributed by atoms with van der Waals surface area (Å²) in [6.07, 6.45) is 7.28. The smallest absolute Gasteiger partial charge is 0.0497 e. The molecule has 4 aliphatic carbocycles. The highest BCUT2D eigenvalue weighted by molar-refractivity contribution is 14.1. The minimum absolute atomic E-state index is 0.342. The van der Waals surface area contributed by atoms with Crippen LogP contribution < -0.4 is 0 Å². The van der Waals surface area contributed by atoms with Crippen LogP contribution in [0.3, 0.4) is 0 Å². The molecular formula is C23H23I2N. The van der Waals surface area contributed by atoms with Gasteiger partial charge >= 0.3 is 0 Å². The summed E-state index contributed by atoms with van der Waals surface area (Å²) in [5.74, 6) is 3.67. The van der Waals surface area contributed by atoms with Crippen LogP contribution in [-0.2, 0) is 5.54 Å². The summed E-state index contributed by atoms with van der Waals surface area (Å²) in [5.41, 5.74) is 3.28. The third-order valence-corrected chi connectivity index (χ3v) is 9.25. The normalized spacial score (nSPS) is 35.7. The van der Waals surface area contributed by atoms with E-state index in [0.29, 0.717) is 5.54 Å². The van der Waals surface area contributed by atoms with Gasteiger partial charge < -0.3 is 4.57 Å². The first-order chi connectivity index (χ1) is 12.5. The maximum absolute atomic E-state index is 2.82. The van der Waals surface area contributed by atoms with Gasteiger partial charge in [-0.1, -0.05) is 6.92 Å². The number of rotatable bonds is 1. The van der Waals surface area contributed by atoms with E-state index in [1.165, 1.54) is 61.1 Å². The Balaban J connectivity index is 1.71. The molecule has 3 aromatic rings. The van der Waals surface area contributed by atoms with Crippen molar-refractivity contribution in [3.63, 3.8) is 0 Å². The molecule has 4 fully saturated rings. The third kappa shape index (κ3) is 2.13. The van der Waals surface area contributed by atoms with E-state index >= 15 is 0 Å². The van der Waals surface area contributed by atoms with Crippen LogP contribution in [0.2, 0.25) is 0 Å². The highest BCUT2D eigenvalue weighted by Gasteiger charge is 2.56. The predicted molar refractivity (Wildman–Crippen MR) is 126 cm³/mol. The summed E-state index contributed by atoms with van der Waals surface area (Å²) in [6.45, 7) is 2.57. The summed E-state index contributed by atoms with van der Waals surface area (Å²) in [4.78, 5) is 0. The van der Waals surface area contributed by atoms with Gasteiger partial charge in [0.05, 0.1) is 0 Å². The molecule has 1 aromatic heterocycles. The SMILES string of the molecule is CC1C2CC3CC(C2)CC1(n1c2ccc(I)cc2c2cc(I)ccc21)C3. The highest BCUT2D eigenvalue weighted by atomic mass is 127. The van der Waals surface area contributed by atoms with Crippen molar-refractivity contribution < 1.29 is 0 Å². The Morgan fingerprint density at radius 2 is 1.38 bits per heavy atom. The largest absolute Gasteiger partial charge is 0.334 e. The van der Waals surface area contributed by atoms with E-state index in [1.54, 1.807) is 0 Å². The fourth-order valence-corrected chi connectivity index (χ4v) is 8.07. The van der Waals surface area contributed by atoms with Crippen LogP contribution in [0.5, 0.6) is 0 Å². The monoisotopic (exact) mass is 567 g/mol. The van der Waals surface area contributed by atoms with E-state index in [1.807, 2.05) is 0 Å². The summed E-state index contributed by atoms with van der Waals surface area (Å²) >= 11 is 4.93. The lowest BCUT2D eigenvalue weighted by Crippen LogP contribution is -2.57. The summed E-state index contributed by atoms with van der Waals surface area (Å²) in [7, 11) is 0. The molecule has 4 saturated carbocycles. The Labute approximate surface area is 182 Å². The van der Waals surface area contributed by atoms with Crippen molar-refractivity contribution in [2.24, 2.45) is 23.7 Å². The molecule has 2 aromatic carbocycles. The number of aromatic nitrogens is 1. The molecule has 0 radical (unpaired) electrons. The predicted octanol–water partition coefficient (Wildman–Crippen LogP) is 7.18. The lowest BCUT2D eigenvalue weighted by atomic mass is 9.48. The van der Waals surface area contributed by atoms with Crippen molar-refractivity contribution >= 4 is 67.0 Å². The summed E-state index contributed by atoms with van der Waals surface area (Å²) in [5, 5.41) is 2.90. The quantitative estimate of drug-likeness (QED) is 0.275. The van der Waals surface area contributed by atoms with Crippen LogP contribution >= 0.6 is 45.2 Å². The molecule has 3 atom stereocenters. The van der Waals surface area contributed by atoms with E-state index in [0.717, 1.165) is 23.7 Å². The van der Waals surface area contributed by atoms with Gasteiger partial charge in [0.25, 0.3) is 0 Å². The molecule has 134 valence electrons. The zero-order chi connectivity index (χ0) is 17.6. The molecule has 0 N–H and O–H groups in total. The molecule has 4 bridgehead atoms. The Bertz CT molecular complexity index is 976. The molecule has 1 heterocycles. The fraction of sp³-hybridized carbons (Fsp3) is 0.478. The zero-order valence-electron chi connectivity index (χ0n) is 15.0. The first-order valence-corrected chi connectivity index (χ1v) is 12.1. The molecule has 4 aliphatic rings. The van der Waals surface area contributed by atoms with Gasteiger partial charge in [0.1, 0.15) is 0 Å². The van der Waals surface area contributed by atoms with E-state index in [4.69, 9.17) is 0 Å². The molecule has 1 nitrogen and oxygen atoms in total. The molecule has 0 aliphatic heterocycles. The van der Waals surface area contributed by atoms with Crippen molar-refractivity contribution in [2.75, 3.05) is 0 Å². The van der Waals surface area contributed by atoms with Crippen LogP contribution in [0, 0.1) is 30.8 Å². The Kier molecular flexibility index (Phi) is 3.59. The molecule has 0 amide bonds. The van der Waals surface area contributed by atoms with Crippen molar-refractivity contribution in [1.29, 1.82) is 0 Å². The fourth-order valence-electron chi connectivity index (χ4n) is 7.09. The number of nitrogens with zero attached hydrogens (tertiary/aromatic N) is 1. The van der Waals surface area contributed by atoms with Gasteiger partial charge in [-0.2, -0.15) is 0 Å². The van der Waals surface area contributed by atoms with Crippen LogP contribution in [-0.4, -0.2) is 4.57 Å². The zero-order valence-corrected chi connectivity index (χ0v) is 19.3. The van der Waals surface area contributed by atoms with E-state index in [-0.39, 0.29) is 0 Å². The lowest BCUT2D eigenvalue weighted by Gasteiger charge is -2.61. The first kappa shape index (κ1) is 16.6. The Hall–Kier alpha value is -0.300. The average molecular weight is 567 g/mol. The number of fused-ring (bicyclic) bond motifs is 3. The molecule has 3 unspecified atom stereocenters. The average Bonchev–Trinajstić information content (AvgIpc) is 2.92.